The first-order valence-electron chi connectivity index (χ1n) is 7.93. The van der Waals surface area contributed by atoms with E-state index in [1.165, 1.54) is 31.0 Å². The smallest absolute Gasteiger partial charge is 0.323 e. The summed E-state index contributed by atoms with van der Waals surface area (Å²) in [6.07, 6.45) is 3.79. The van der Waals surface area contributed by atoms with Crippen LogP contribution in [0.4, 0.5) is 21.9 Å². The molecule has 1 aliphatic rings. The number of carbonyl (C=O) groups excluding carboxylic acids is 1. The Bertz CT molecular complexity index is 664. The number of nitrogens with one attached hydrogen (secondary N) is 2. The normalized spacial score (nSPS) is 14.3. The Morgan fingerprint density at radius 2 is 1.61 bits per heavy atom. The third kappa shape index (κ3) is 3.94. The maximum absolute atomic E-state index is 12.0. The van der Waals surface area contributed by atoms with E-state index >= 15 is 0 Å². The molecule has 3 rings (SSSR count). The second-order valence-corrected chi connectivity index (χ2v) is 5.69. The molecule has 1 fully saturated rings. The third-order valence-corrected chi connectivity index (χ3v) is 4.00. The molecule has 5 nitrogen and oxygen atoms in total. The van der Waals surface area contributed by atoms with E-state index < -0.39 is 0 Å². The van der Waals surface area contributed by atoms with Gasteiger partial charge in [0.25, 0.3) is 0 Å². The topological polar surface area (TPSA) is 64.6 Å². The van der Waals surface area contributed by atoms with Crippen LogP contribution >= 0.6 is 0 Å². The van der Waals surface area contributed by atoms with E-state index in [1.54, 1.807) is 18.2 Å². The molecule has 23 heavy (non-hydrogen) atoms. The van der Waals surface area contributed by atoms with Gasteiger partial charge < -0.3 is 20.6 Å². The van der Waals surface area contributed by atoms with Gasteiger partial charge >= 0.3 is 6.03 Å². The molecule has 0 aromatic heterocycles. The second kappa shape index (κ2) is 7.05. The molecular formula is C18H21N3O2. The van der Waals surface area contributed by atoms with Crippen LogP contribution in [0.5, 0.6) is 5.75 Å². The van der Waals surface area contributed by atoms with Gasteiger partial charge in [0.05, 0.1) is 5.69 Å². The number of phenolic OH excluding ortho intramolecular Hbond substituents is 1. The number of hydrogen-bond donors (Lipinski definition) is 3. The summed E-state index contributed by atoms with van der Waals surface area (Å²) in [6.45, 7) is 2.20. The van der Waals surface area contributed by atoms with Gasteiger partial charge in [0, 0.05) is 24.5 Å². The van der Waals surface area contributed by atoms with Crippen LogP contribution < -0.4 is 15.5 Å². The Morgan fingerprint density at radius 3 is 2.30 bits per heavy atom. The van der Waals surface area contributed by atoms with Gasteiger partial charge in [-0.3, -0.25) is 0 Å². The van der Waals surface area contributed by atoms with Crippen molar-refractivity contribution >= 4 is 23.1 Å². The Balaban J connectivity index is 1.59. The highest BCUT2D eigenvalue weighted by Gasteiger charge is 2.11. The summed E-state index contributed by atoms with van der Waals surface area (Å²) in [5.74, 6) is 0.0445. The van der Waals surface area contributed by atoms with Crippen molar-refractivity contribution in [3.63, 3.8) is 0 Å². The van der Waals surface area contributed by atoms with E-state index in [1.807, 2.05) is 24.3 Å². The fourth-order valence-corrected chi connectivity index (χ4v) is 2.77. The summed E-state index contributed by atoms with van der Waals surface area (Å²) in [5.41, 5.74) is 2.30. The Labute approximate surface area is 135 Å². The number of para-hydroxylation sites is 2. The van der Waals surface area contributed by atoms with Crippen LogP contribution in [0.2, 0.25) is 0 Å². The minimum Gasteiger partial charge on any atom is -0.506 e. The fourth-order valence-electron chi connectivity index (χ4n) is 2.77. The predicted octanol–water partition coefficient (Wildman–Crippen LogP) is 4.03. The third-order valence-electron chi connectivity index (χ3n) is 4.00. The van der Waals surface area contributed by atoms with Gasteiger partial charge in [0.15, 0.2) is 0 Å². The van der Waals surface area contributed by atoms with Crippen LogP contribution in [-0.4, -0.2) is 24.2 Å². The first-order chi connectivity index (χ1) is 11.2. The number of benzene rings is 2. The number of aromatic hydroxyl groups is 1. The number of hydrogen-bond acceptors (Lipinski definition) is 3. The van der Waals surface area contributed by atoms with Crippen molar-refractivity contribution in [2.45, 2.75) is 19.3 Å². The summed E-state index contributed by atoms with van der Waals surface area (Å²) in [6, 6.07) is 14.1. The molecule has 0 bridgehead atoms. The maximum Gasteiger partial charge on any atom is 0.323 e. The van der Waals surface area contributed by atoms with Gasteiger partial charge in [-0.15, -0.1) is 0 Å². The molecule has 2 aromatic rings. The zero-order valence-electron chi connectivity index (χ0n) is 13.0. The lowest BCUT2D eigenvalue weighted by atomic mass is 10.1. The second-order valence-electron chi connectivity index (χ2n) is 5.69. The lowest BCUT2D eigenvalue weighted by Gasteiger charge is -2.28. The van der Waals surface area contributed by atoms with E-state index in [0.717, 1.165) is 18.8 Å². The molecule has 0 spiro atoms. The molecule has 0 saturated carbocycles. The quantitative estimate of drug-likeness (QED) is 0.750. The first-order valence-corrected chi connectivity index (χ1v) is 7.93. The van der Waals surface area contributed by atoms with Crippen LogP contribution in [0, 0.1) is 0 Å². The van der Waals surface area contributed by atoms with Crippen LogP contribution in [-0.2, 0) is 0 Å². The number of phenols is 1. The summed E-state index contributed by atoms with van der Waals surface area (Å²) < 4.78 is 0. The number of anilines is 3. The summed E-state index contributed by atoms with van der Waals surface area (Å²) in [4.78, 5) is 14.3. The van der Waals surface area contributed by atoms with Crippen molar-refractivity contribution in [1.82, 2.24) is 0 Å². The molecule has 1 heterocycles. The van der Waals surface area contributed by atoms with Gasteiger partial charge in [0.1, 0.15) is 5.75 Å². The van der Waals surface area contributed by atoms with Crippen molar-refractivity contribution in [2.75, 3.05) is 28.6 Å². The van der Waals surface area contributed by atoms with Crippen molar-refractivity contribution in [1.29, 1.82) is 0 Å². The molecule has 1 aliphatic heterocycles. The van der Waals surface area contributed by atoms with Crippen molar-refractivity contribution in [3.05, 3.63) is 48.5 Å². The molecule has 0 radical (unpaired) electrons. The molecule has 2 aromatic carbocycles. The van der Waals surface area contributed by atoms with Crippen molar-refractivity contribution < 1.29 is 9.90 Å². The van der Waals surface area contributed by atoms with E-state index in [4.69, 9.17) is 0 Å². The molecule has 0 aliphatic carbocycles. The Hall–Kier alpha value is -2.69. The highest BCUT2D eigenvalue weighted by Crippen LogP contribution is 2.23. The molecule has 2 amide bonds. The van der Waals surface area contributed by atoms with E-state index in [2.05, 4.69) is 15.5 Å². The van der Waals surface area contributed by atoms with E-state index in [9.17, 15) is 9.90 Å². The molecule has 5 heteroatoms. The number of nitrogens with zero attached hydrogens (tertiary/aromatic N) is 1. The number of rotatable bonds is 3. The highest BCUT2D eigenvalue weighted by molar-refractivity contribution is 6.00. The standard InChI is InChI=1S/C18H21N3O2/c22-17-7-3-2-6-16(17)20-18(23)19-14-8-10-15(11-9-14)21-12-4-1-5-13-21/h2-3,6-11,22H,1,4-5,12-13H2,(H2,19,20,23). The maximum atomic E-state index is 12.0. The zero-order valence-corrected chi connectivity index (χ0v) is 13.0. The van der Waals surface area contributed by atoms with Crippen LogP contribution in [0.15, 0.2) is 48.5 Å². The number of urea groups is 1. The minimum absolute atomic E-state index is 0.0445. The van der Waals surface area contributed by atoms with E-state index in [-0.39, 0.29) is 11.8 Å². The Morgan fingerprint density at radius 1 is 0.913 bits per heavy atom. The van der Waals surface area contributed by atoms with Gasteiger partial charge in [-0.05, 0) is 55.7 Å². The van der Waals surface area contributed by atoms with Crippen LogP contribution in [0.3, 0.4) is 0 Å². The number of amides is 2. The zero-order chi connectivity index (χ0) is 16.1. The summed E-state index contributed by atoms with van der Waals surface area (Å²) in [7, 11) is 0. The van der Waals surface area contributed by atoms with Crippen molar-refractivity contribution in [3.8, 4) is 5.75 Å². The predicted molar refractivity (Wildman–Crippen MR) is 93.3 cm³/mol. The van der Waals surface area contributed by atoms with Gasteiger partial charge in [-0.2, -0.15) is 0 Å². The number of piperidine rings is 1. The van der Waals surface area contributed by atoms with Crippen molar-refractivity contribution in [2.24, 2.45) is 0 Å². The lowest BCUT2D eigenvalue weighted by Crippen LogP contribution is -2.29. The van der Waals surface area contributed by atoms with Crippen LogP contribution in [0.1, 0.15) is 19.3 Å². The lowest BCUT2D eigenvalue weighted by molar-refractivity contribution is 0.262. The Kier molecular flexibility index (Phi) is 4.66. The largest absolute Gasteiger partial charge is 0.506 e. The van der Waals surface area contributed by atoms with Gasteiger partial charge in [0.2, 0.25) is 0 Å². The van der Waals surface area contributed by atoms with Crippen LogP contribution in [0.25, 0.3) is 0 Å². The molecule has 0 unspecified atom stereocenters. The minimum atomic E-state index is -0.378. The highest BCUT2D eigenvalue weighted by atomic mass is 16.3. The van der Waals surface area contributed by atoms with Gasteiger partial charge in [-0.1, -0.05) is 12.1 Å². The fraction of sp³-hybridized carbons (Fsp3) is 0.278. The molecule has 3 N–H and O–H groups in total. The average molecular weight is 311 g/mol. The molecule has 1 saturated heterocycles. The first kappa shape index (κ1) is 15.2. The van der Waals surface area contributed by atoms with E-state index in [0.29, 0.717) is 5.69 Å². The van der Waals surface area contributed by atoms with Gasteiger partial charge in [-0.25, -0.2) is 4.79 Å². The SMILES string of the molecule is O=C(Nc1ccc(N2CCCCC2)cc1)Nc1ccccc1O. The average Bonchev–Trinajstić information content (AvgIpc) is 2.58. The molecule has 0 atom stereocenters. The summed E-state index contributed by atoms with van der Waals surface area (Å²) in [5, 5.41) is 15.1. The number of carbonyl (C=O) groups is 1. The molecular weight excluding hydrogens is 290 g/mol. The monoisotopic (exact) mass is 311 g/mol. The molecule has 120 valence electrons. The summed E-state index contributed by atoms with van der Waals surface area (Å²) >= 11 is 0.